The van der Waals surface area contributed by atoms with Crippen molar-refractivity contribution in [3.63, 3.8) is 0 Å². The number of sulfone groups is 1. The summed E-state index contributed by atoms with van der Waals surface area (Å²) in [6.45, 7) is 3.15. The minimum absolute atomic E-state index is 0.0340. The van der Waals surface area contributed by atoms with Gasteiger partial charge in [-0.05, 0) is 66.3 Å². The van der Waals surface area contributed by atoms with E-state index in [0.717, 1.165) is 10.8 Å². The number of hydrazine groups is 1. The topological polar surface area (TPSA) is 149 Å². The number of benzene rings is 3. The second-order valence-corrected chi connectivity index (χ2v) is 14.0. The van der Waals surface area contributed by atoms with Crippen molar-refractivity contribution in [2.45, 2.75) is 43.4 Å². The van der Waals surface area contributed by atoms with Crippen molar-refractivity contribution < 1.29 is 45.4 Å². The van der Waals surface area contributed by atoms with Gasteiger partial charge in [-0.3, -0.25) is 19.6 Å². The Balaban J connectivity index is 1.66. The maximum atomic E-state index is 14.9. The zero-order valence-electron chi connectivity index (χ0n) is 26.8. The van der Waals surface area contributed by atoms with E-state index in [1.807, 2.05) is 0 Å². The van der Waals surface area contributed by atoms with Gasteiger partial charge in [0.2, 0.25) is 0 Å². The fourth-order valence-electron chi connectivity index (χ4n) is 5.98. The van der Waals surface area contributed by atoms with Gasteiger partial charge in [0.15, 0.2) is 9.84 Å². The Morgan fingerprint density at radius 2 is 1.80 bits per heavy atom. The van der Waals surface area contributed by atoms with E-state index >= 15 is 0 Å². The maximum absolute atomic E-state index is 14.9. The number of fused-ring (bicyclic) bond motifs is 1. The van der Waals surface area contributed by atoms with Crippen LogP contribution in [-0.4, -0.2) is 61.2 Å². The van der Waals surface area contributed by atoms with Gasteiger partial charge in [-0.25, -0.2) is 19.1 Å². The number of amides is 1. The Morgan fingerprint density at radius 1 is 1.06 bits per heavy atom. The Bertz CT molecular complexity index is 2050. The van der Waals surface area contributed by atoms with Crippen molar-refractivity contribution in [1.29, 1.82) is 0 Å². The SMILES string of the molecule is CCOc1cc([C@H](C(=O)N2CCC(C(=O)OC(=O)C(F)(F)F)C2c2ccccc2S(=O)(=O)CC)N(N)c2ccc3cnccc3c2)ccc1Cl. The van der Waals surface area contributed by atoms with Gasteiger partial charge in [-0.15, -0.1) is 0 Å². The second kappa shape index (κ2) is 14.6. The van der Waals surface area contributed by atoms with Crippen LogP contribution in [0.4, 0.5) is 18.9 Å². The molecule has 5 rings (SSSR count). The fourth-order valence-corrected chi connectivity index (χ4v) is 7.29. The number of hydrogen-bond donors (Lipinski definition) is 1. The number of esters is 2. The molecule has 16 heteroatoms. The first-order valence-electron chi connectivity index (χ1n) is 15.4. The molecule has 3 aromatic carbocycles. The molecule has 0 radical (unpaired) electrons. The molecule has 11 nitrogen and oxygen atoms in total. The molecule has 4 aromatic rings. The fraction of sp³-hybridized carbons (Fsp3) is 0.294. The highest BCUT2D eigenvalue weighted by molar-refractivity contribution is 7.91. The molecule has 1 fully saturated rings. The van der Waals surface area contributed by atoms with Crippen molar-refractivity contribution >= 4 is 55.7 Å². The molecule has 2 unspecified atom stereocenters. The summed E-state index contributed by atoms with van der Waals surface area (Å²) in [4.78, 5) is 44.9. The van der Waals surface area contributed by atoms with Gasteiger partial charge in [0.05, 0.1) is 39.9 Å². The van der Waals surface area contributed by atoms with E-state index in [1.54, 1.807) is 49.6 Å². The van der Waals surface area contributed by atoms with Crippen LogP contribution in [0.3, 0.4) is 0 Å². The Hall–Kier alpha value is -4.73. The third kappa shape index (κ3) is 7.39. The highest BCUT2D eigenvalue weighted by atomic mass is 35.5. The first-order valence-corrected chi connectivity index (χ1v) is 17.5. The standard InChI is InChI=1S/C34H32ClF3N4O7S/c1-3-48-27-18-21(10-12-26(27)35)29(42(39)23-11-9-22-19-40-15-13-20(22)17-23)31(43)41-16-14-25(32(44)49-33(45)34(36,37)38)30(41)24-7-5-6-8-28(24)50(46,47)4-2/h5-13,15,17-19,25,29-30H,3-4,14,16,39H2,1-2H3/t25?,29-,30?/m1/s1. The highest BCUT2D eigenvalue weighted by Gasteiger charge is 2.50. The average Bonchev–Trinajstić information content (AvgIpc) is 3.54. The molecule has 50 heavy (non-hydrogen) atoms. The lowest BCUT2D eigenvalue weighted by molar-refractivity contribution is -0.203. The molecule has 1 amide bonds. The number of carbonyl (C=O) groups excluding carboxylic acids is 3. The van der Waals surface area contributed by atoms with Crippen LogP contribution < -0.4 is 15.6 Å². The number of aromatic nitrogens is 1. The van der Waals surface area contributed by atoms with Gasteiger partial charge in [-0.1, -0.05) is 48.9 Å². The van der Waals surface area contributed by atoms with Crippen molar-refractivity contribution in [3.8, 4) is 5.75 Å². The molecule has 1 aliphatic rings. The number of likely N-dealkylation sites (tertiary alicyclic amines) is 1. The summed E-state index contributed by atoms with van der Waals surface area (Å²) in [5, 5.41) is 2.98. The first-order chi connectivity index (χ1) is 23.7. The lowest BCUT2D eigenvalue weighted by Crippen LogP contribution is -2.47. The molecular weight excluding hydrogens is 701 g/mol. The molecule has 1 aliphatic heterocycles. The minimum Gasteiger partial charge on any atom is -0.492 e. The number of ether oxygens (including phenoxy) is 2. The number of anilines is 1. The van der Waals surface area contributed by atoms with Crippen molar-refractivity contribution in [1.82, 2.24) is 9.88 Å². The third-order valence-electron chi connectivity index (χ3n) is 8.37. The van der Waals surface area contributed by atoms with Crippen LogP contribution in [0, 0.1) is 5.92 Å². The van der Waals surface area contributed by atoms with E-state index in [4.69, 9.17) is 22.2 Å². The number of rotatable bonds is 10. The maximum Gasteiger partial charge on any atom is 0.491 e. The molecule has 0 aliphatic carbocycles. The van der Waals surface area contributed by atoms with Gasteiger partial charge >= 0.3 is 18.1 Å². The summed E-state index contributed by atoms with van der Waals surface area (Å²) in [7, 11) is -3.99. The lowest BCUT2D eigenvalue weighted by atomic mass is 9.93. The zero-order valence-corrected chi connectivity index (χ0v) is 28.3. The van der Waals surface area contributed by atoms with Crippen molar-refractivity contribution in [3.05, 3.63) is 95.3 Å². The van der Waals surface area contributed by atoms with Crippen molar-refractivity contribution in [2.75, 3.05) is 23.9 Å². The third-order valence-corrected chi connectivity index (χ3v) is 10.5. The molecule has 3 atom stereocenters. The van der Waals surface area contributed by atoms with Gasteiger partial charge in [0.25, 0.3) is 5.91 Å². The minimum atomic E-state index is -5.48. The van der Waals surface area contributed by atoms with Crippen LogP contribution in [0.15, 0.2) is 84.0 Å². The number of halogens is 4. The van der Waals surface area contributed by atoms with Crippen LogP contribution in [0.1, 0.15) is 43.5 Å². The van der Waals surface area contributed by atoms with Gasteiger partial charge in [0.1, 0.15) is 11.8 Å². The van der Waals surface area contributed by atoms with E-state index in [0.29, 0.717) is 11.3 Å². The number of pyridine rings is 1. The van der Waals surface area contributed by atoms with E-state index in [-0.39, 0.29) is 46.6 Å². The smallest absolute Gasteiger partial charge is 0.491 e. The number of hydrogen-bond acceptors (Lipinski definition) is 10. The Kier molecular flexibility index (Phi) is 10.7. The van der Waals surface area contributed by atoms with E-state index in [9.17, 15) is 36.0 Å². The predicted octanol–water partition coefficient (Wildman–Crippen LogP) is 5.72. The Morgan fingerprint density at radius 3 is 2.50 bits per heavy atom. The van der Waals surface area contributed by atoms with Gasteiger partial charge < -0.3 is 14.4 Å². The number of nitrogens with zero attached hydrogens (tertiary/aromatic N) is 3. The molecule has 0 bridgehead atoms. The molecule has 2 heterocycles. The van der Waals surface area contributed by atoms with Crippen LogP contribution in [0.5, 0.6) is 5.75 Å². The molecule has 0 spiro atoms. The van der Waals surface area contributed by atoms with E-state index in [1.165, 1.54) is 53.2 Å². The highest BCUT2D eigenvalue weighted by Crippen LogP contribution is 2.44. The molecular formula is C34H32ClF3N4O7S. The number of carbonyl (C=O) groups is 3. The monoisotopic (exact) mass is 732 g/mol. The zero-order chi connectivity index (χ0) is 36.4. The van der Waals surface area contributed by atoms with E-state index in [2.05, 4.69) is 9.72 Å². The van der Waals surface area contributed by atoms with Crippen molar-refractivity contribution in [2.24, 2.45) is 11.8 Å². The normalized spacial score (nSPS) is 17.0. The average molecular weight is 733 g/mol. The second-order valence-electron chi connectivity index (χ2n) is 11.4. The molecule has 264 valence electrons. The van der Waals surface area contributed by atoms with Crippen LogP contribution >= 0.6 is 11.6 Å². The lowest BCUT2D eigenvalue weighted by Gasteiger charge is -2.36. The van der Waals surface area contributed by atoms with Gasteiger partial charge in [-0.2, -0.15) is 13.2 Å². The van der Waals surface area contributed by atoms with Crippen LogP contribution in [-0.2, 0) is 29.0 Å². The number of nitrogens with two attached hydrogens (primary N) is 1. The summed E-state index contributed by atoms with van der Waals surface area (Å²) >= 11 is 6.37. The summed E-state index contributed by atoms with van der Waals surface area (Å²) in [6.07, 6.45) is -2.50. The summed E-state index contributed by atoms with van der Waals surface area (Å²) in [6, 6.07) is 14.2. The van der Waals surface area contributed by atoms with E-state index < -0.39 is 51.9 Å². The van der Waals surface area contributed by atoms with Crippen LogP contribution in [0.2, 0.25) is 5.02 Å². The molecule has 2 N–H and O–H groups in total. The summed E-state index contributed by atoms with van der Waals surface area (Å²) < 4.78 is 75.8. The molecule has 1 aromatic heterocycles. The largest absolute Gasteiger partial charge is 0.492 e. The molecule has 1 saturated heterocycles. The number of alkyl halides is 3. The Labute approximate surface area is 290 Å². The summed E-state index contributed by atoms with van der Waals surface area (Å²) in [5.74, 6) is 0.0460. The summed E-state index contributed by atoms with van der Waals surface area (Å²) in [5.41, 5.74) is 0.645. The molecule has 0 saturated carbocycles. The first kappa shape index (κ1) is 36.5. The predicted molar refractivity (Wildman–Crippen MR) is 178 cm³/mol. The quantitative estimate of drug-likeness (QED) is 0.0928. The van der Waals surface area contributed by atoms with Gasteiger partial charge in [0, 0.05) is 24.3 Å². The van der Waals surface area contributed by atoms with Crippen LogP contribution in [0.25, 0.3) is 10.8 Å².